The number of carbonyl (C=O) groups is 1. The molecule has 0 radical (unpaired) electrons. The molecular weight excluding hydrogens is 280 g/mol. The van der Waals surface area contributed by atoms with Crippen LogP contribution in [0, 0.1) is 11.3 Å². The van der Waals surface area contributed by atoms with Crippen LogP contribution in [0.25, 0.3) is 0 Å². The Balaban J connectivity index is 1.58. The Morgan fingerprint density at radius 2 is 2.19 bits per heavy atom. The van der Waals surface area contributed by atoms with Crippen molar-refractivity contribution in [2.75, 3.05) is 38.0 Å². The normalized spacial score (nSPS) is 16.0. The molecule has 1 saturated heterocycles. The fourth-order valence-corrected chi connectivity index (χ4v) is 1.84. The SMILES string of the molecule is N#Cc1ccc(NCCNCC(=O)N2CC(F)(F)C2)nc1. The number of rotatable bonds is 6. The van der Waals surface area contributed by atoms with Crippen molar-refractivity contribution in [2.45, 2.75) is 5.92 Å². The number of likely N-dealkylation sites (tertiary alicyclic amines) is 1. The molecule has 1 aromatic heterocycles. The smallest absolute Gasteiger partial charge is 0.282 e. The van der Waals surface area contributed by atoms with Gasteiger partial charge >= 0.3 is 0 Å². The predicted molar refractivity (Wildman–Crippen MR) is 71.8 cm³/mol. The van der Waals surface area contributed by atoms with Crippen LogP contribution in [0.1, 0.15) is 5.56 Å². The molecule has 0 aliphatic carbocycles. The molecule has 0 saturated carbocycles. The molecule has 0 spiro atoms. The maximum atomic E-state index is 12.6. The Morgan fingerprint density at radius 3 is 2.76 bits per heavy atom. The lowest BCUT2D eigenvalue weighted by Gasteiger charge is -2.38. The first kappa shape index (κ1) is 15.1. The number of nitrogens with zero attached hydrogens (tertiary/aromatic N) is 3. The molecule has 0 bridgehead atoms. The second-order valence-electron chi connectivity index (χ2n) is 4.75. The molecular formula is C13H15F2N5O. The number of anilines is 1. The molecule has 0 atom stereocenters. The van der Waals surface area contributed by atoms with Gasteiger partial charge in [-0.15, -0.1) is 0 Å². The van der Waals surface area contributed by atoms with Gasteiger partial charge in [0.15, 0.2) is 0 Å². The van der Waals surface area contributed by atoms with Crippen molar-refractivity contribution in [1.82, 2.24) is 15.2 Å². The van der Waals surface area contributed by atoms with Gasteiger partial charge in [0.2, 0.25) is 5.91 Å². The quantitative estimate of drug-likeness (QED) is 0.744. The highest BCUT2D eigenvalue weighted by Crippen LogP contribution is 2.26. The van der Waals surface area contributed by atoms with Crippen molar-refractivity contribution in [3.63, 3.8) is 0 Å². The molecule has 1 aliphatic rings. The number of hydrogen-bond acceptors (Lipinski definition) is 5. The lowest BCUT2D eigenvalue weighted by molar-refractivity contribution is -0.164. The molecule has 2 N–H and O–H groups in total. The molecule has 0 unspecified atom stereocenters. The molecule has 2 heterocycles. The van der Waals surface area contributed by atoms with E-state index in [1.807, 2.05) is 6.07 Å². The molecule has 1 aromatic rings. The Hall–Kier alpha value is -2.27. The zero-order valence-electron chi connectivity index (χ0n) is 11.3. The summed E-state index contributed by atoms with van der Waals surface area (Å²) in [4.78, 5) is 16.6. The average molecular weight is 295 g/mol. The molecule has 0 aromatic carbocycles. The average Bonchev–Trinajstić information content (AvgIpc) is 2.44. The van der Waals surface area contributed by atoms with E-state index < -0.39 is 19.0 Å². The summed E-state index contributed by atoms with van der Waals surface area (Å²) >= 11 is 0. The zero-order chi connectivity index (χ0) is 15.3. The van der Waals surface area contributed by atoms with E-state index in [-0.39, 0.29) is 12.5 Å². The number of nitriles is 1. The van der Waals surface area contributed by atoms with Crippen LogP contribution >= 0.6 is 0 Å². The topological polar surface area (TPSA) is 81.0 Å². The van der Waals surface area contributed by atoms with E-state index in [1.54, 1.807) is 12.1 Å². The number of hydrogen-bond donors (Lipinski definition) is 2. The van der Waals surface area contributed by atoms with Gasteiger partial charge in [-0.3, -0.25) is 4.79 Å². The van der Waals surface area contributed by atoms with Crippen LogP contribution in [0.2, 0.25) is 0 Å². The lowest BCUT2D eigenvalue weighted by atomic mass is 10.1. The van der Waals surface area contributed by atoms with Crippen molar-refractivity contribution in [2.24, 2.45) is 0 Å². The highest BCUT2D eigenvalue weighted by atomic mass is 19.3. The lowest BCUT2D eigenvalue weighted by Crippen LogP contribution is -2.60. The Kier molecular flexibility index (Phi) is 4.65. The third-order valence-electron chi connectivity index (χ3n) is 2.97. The highest BCUT2D eigenvalue weighted by Gasteiger charge is 2.45. The monoisotopic (exact) mass is 295 g/mol. The van der Waals surface area contributed by atoms with Crippen LogP contribution in [0.3, 0.4) is 0 Å². The van der Waals surface area contributed by atoms with Crippen molar-refractivity contribution < 1.29 is 13.6 Å². The second kappa shape index (κ2) is 6.45. The molecule has 21 heavy (non-hydrogen) atoms. The molecule has 6 nitrogen and oxygen atoms in total. The third-order valence-corrected chi connectivity index (χ3v) is 2.97. The number of halogens is 2. The van der Waals surface area contributed by atoms with E-state index >= 15 is 0 Å². The summed E-state index contributed by atoms with van der Waals surface area (Å²) < 4.78 is 25.2. The fraction of sp³-hybridized carbons (Fsp3) is 0.462. The van der Waals surface area contributed by atoms with Crippen LogP contribution in [0.5, 0.6) is 0 Å². The third kappa shape index (κ3) is 4.36. The summed E-state index contributed by atoms with van der Waals surface area (Å²) in [7, 11) is 0. The minimum absolute atomic E-state index is 0.0402. The van der Waals surface area contributed by atoms with E-state index in [0.29, 0.717) is 24.5 Å². The van der Waals surface area contributed by atoms with Crippen molar-refractivity contribution in [3.8, 4) is 6.07 Å². The van der Waals surface area contributed by atoms with Gasteiger partial charge < -0.3 is 15.5 Å². The molecule has 8 heteroatoms. The van der Waals surface area contributed by atoms with Crippen LogP contribution in [-0.2, 0) is 4.79 Å². The number of amides is 1. The van der Waals surface area contributed by atoms with Gasteiger partial charge in [0, 0.05) is 19.3 Å². The van der Waals surface area contributed by atoms with Crippen molar-refractivity contribution in [3.05, 3.63) is 23.9 Å². The minimum Gasteiger partial charge on any atom is -0.369 e. The van der Waals surface area contributed by atoms with Crippen LogP contribution in [0.4, 0.5) is 14.6 Å². The Morgan fingerprint density at radius 1 is 1.43 bits per heavy atom. The van der Waals surface area contributed by atoms with E-state index in [2.05, 4.69) is 15.6 Å². The van der Waals surface area contributed by atoms with Gasteiger partial charge in [-0.1, -0.05) is 0 Å². The zero-order valence-corrected chi connectivity index (χ0v) is 11.3. The first-order valence-corrected chi connectivity index (χ1v) is 6.46. The van der Waals surface area contributed by atoms with E-state index in [4.69, 9.17) is 5.26 Å². The van der Waals surface area contributed by atoms with E-state index in [1.165, 1.54) is 6.20 Å². The maximum absolute atomic E-state index is 12.6. The summed E-state index contributed by atoms with van der Waals surface area (Å²) in [5, 5.41) is 14.5. The minimum atomic E-state index is -2.72. The first-order chi connectivity index (χ1) is 10.00. The van der Waals surface area contributed by atoms with Gasteiger partial charge in [0.05, 0.1) is 25.2 Å². The summed E-state index contributed by atoms with van der Waals surface area (Å²) in [5.41, 5.74) is 0.482. The number of carbonyl (C=O) groups excluding carboxylic acids is 1. The van der Waals surface area contributed by atoms with Gasteiger partial charge in [0.25, 0.3) is 5.92 Å². The second-order valence-corrected chi connectivity index (χ2v) is 4.75. The number of pyridine rings is 1. The Labute approximate surface area is 120 Å². The van der Waals surface area contributed by atoms with Crippen LogP contribution in [0.15, 0.2) is 18.3 Å². The molecule has 1 amide bonds. The molecule has 2 rings (SSSR count). The largest absolute Gasteiger partial charge is 0.369 e. The summed E-state index contributed by atoms with van der Waals surface area (Å²) in [6.07, 6.45) is 1.46. The van der Waals surface area contributed by atoms with E-state index in [0.717, 1.165) is 4.90 Å². The van der Waals surface area contributed by atoms with Gasteiger partial charge in [0.1, 0.15) is 11.9 Å². The fourth-order valence-electron chi connectivity index (χ4n) is 1.84. The Bertz CT molecular complexity index is 532. The number of nitrogens with one attached hydrogen (secondary N) is 2. The van der Waals surface area contributed by atoms with Crippen molar-refractivity contribution in [1.29, 1.82) is 5.26 Å². The van der Waals surface area contributed by atoms with Crippen LogP contribution < -0.4 is 10.6 Å². The highest BCUT2D eigenvalue weighted by molar-refractivity contribution is 5.79. The summed E-state index contributed by atoms with van der Waals surface area (Å²) in [5.74, 6) is -2.42. The number of aromatic nitrogens is 1. The predicted octanol–water partition coefficient (Wildman–Crippen LogP) is 0.432. The van der Waals surface area contributed by atoms with Crippen LogP contribution in [-0.4, -0.2) is 54.4 Å². The first-order valence-electron chi connectivity index (χ1n) is 6.46. The number of alkyl halides is 2. The molecule has 1 fully saturated rings. The molecule has 112 valence electrons. The maximum Gasteiger partial charge on any atom is 0.282 e. The van der Waals surface area contributed by atoms with Gasteiger partial charge in [-0.05, 0) is 12.1 Å². The van der Waals surface area contributed by atoms with Crippen molar-refractivity contribution >= 4 is 11.7 Å². The summed E-state index contributed by atoms with van der Waals surface area (Å²) in [6.45, 7) is 0.0976. The van der Waals surface area contributed by atoms with Gasteiger partial charge in [-0.25, -0.2) is 13.8 Å². The standard InChI is InChI=1S/C13H15F2N5O/c14-13(15)8-20(9-13)12(21)7-17-3-4-18-11-2-1-10(5-16)6-19-11/h1-2,6,17H,3-4,7-9H2,(H,18,19). The summed E-state index contributed by atoms with van der Waals surface area (Å²) in [6, 6.07) is 5.31. The molecule has 1 aliphatic heterocycles. The van der Waals surface area contributed by atoms with Gasteiger partial charge in [-0.2, -0.15) is 5.26 Å². The van der Waals surface area contributed by atoms with E-state index in [9.17, 15) is 13.6 Å².